The van der Waals surface area contributed by atoms with Gasteiger partial charge in [0.15, 0.2) is 0 Å². The molecule has 4 nitrogen and oxygen atoms in total. The number of alkyl halides is 3. The van der Waals surface area contributed by atoms with Crippen LogP contribution in [-0.2, 0) is 12.7 Å². The first-order valence-corrected chi connectivity index (χ1v) is 9.41. The number of rotatable bonds is 4. The summed E-state index contributed by atoms with van der Waals surface area (Å²) in [5.41, 5.74) is -0.525. The Labute approximate surface area is 168 Å². The van der Waals surface area contributed by atoms with E-state index in [4.69, 9.17) is 11.6 Å². The molecule has 1 amide bonds. The molecule has 1 fully saturated rings. The van der Waals surface area contributed by atoms with Crippen molar-refractivity contribution in [3.63, 3.8) is 0 Å². The molecule has 1 aliphatic carbocycles. The molecule has 1 aliphatic rings. The lowest BCUT2D eigenvalue weighted by Crippen LogP contribution is -2.24. The second kappa shape index (κ2) is 7.22. The summed E-state index contributed by atoms with van der Waals surface area (Å²) in [5, 5.41) is 3.18. The highest BCUT2D eigenvalue weighted by Gasteiger charge is 2.33. The summed E-state index contributed by atoms with van der Waals surface area (Å²) in [7, 11) is 0. The van der Waals surface area contributed by atoms with Gasteiger partial charge in [-0.15, -0.1) is 0 Å². The highest BCUT2D eigenvalue weighted by Crippen LogP contribution is 2.35. The third-order valence-corrected chi connectivity index (χ3v) is 5.28. The Morgan fingerprint density at radius 3 is 2.59 bits per heavy atom. The van der Waals surface area contributed by atoms with Crippen LogP contribution in [0, 0.1) is 0 Å². The molecular formula is C21H16ClF3N2O2. The van der Waals surface area contributed by atoms with Gasteiger partial charge in [-0.1, -0.05) is 23.7 Å². The predicted octanol–water partition coefficient (Wildman–Crippen LogP) is 4.94. The van der Waals surface area contributed by atoms with Crippen LogP contribution in [0.2, 0.25) is 5.02 Å². The SMILES string of the molecule is O=C(NCc1ccc(Cl)c(C(F)(F)F)c1)c1cccc2c(=O)n(C3CC3)ccc12. The van der Waals surface area contributed by atoms with Gasteiger partial charge >= 0.3 is 6.18 Å². The summed E-state index contributed by atoms with van der Waals surface area (Å²) in [6.07, 6.45) is -0.957. The van der Waals surface area contributed by atoms with Crippen molar-refractivity contribution >= 4 is 28.3 Å². The normalized spacial score (nSPS) is 14.2. The molecule has 1 heterocycles. The van der Waals surface area contributed by atoms with Gasteiger partial charge in [-0.3, -0.25) is 9.59 Å². The van der Waals surface area contributed by atoms with Gasteiger partial charge in [0.05, 0.1) is 10.6 Å². The molecule has 0 atom stereocenters. The van der Waals surface area contributed by atoms with Gasteiger partial charge in [0.25, 0.3) is 11.5 Å². The highest BCUT2D eigenvalue weighted by molar-refractivity contribution is 6.31. The topological polar surface area (TPSA) is 51.1 Å². The fraction of sp³-hybridized carbons (Fsp3) is 0.238. The van der Waals surface area contributed by atoms with E-state index in [1.165, 1.54) is 6.07 Å². The number of nitrogens with one attached hydrogen (secondary N) is 1. The van der Waals surface area contributed by atoms with Crippen LogP contribution in [0.3, 0.4) is 0 Å². The molecular weight excluding hydrogens is 405 g/mol. The molecule has 0 spiro atoms. The third kappa shape index (κ3) is 3.87. The molecule has 4 rings (SSSR count). The molecule has 150 valence electrons. The molecule has 1 aromatic heterocycles. The number of carbonyl (C=O) groups excluding carboxylic acids is 1. The Morgan fingerprint density at radius 1 is 1.14 bits per heavy atom. The zero-order chi connectivity index (χ0) is 20.8. The maximum Gasteiger partial charge on any atom is 0.417 e. The zero-order valence-electron chi connectivity index (χ0n) is 15.1. The molecule has 29 heavy (non-hydrogen) atoms. The fourth-order valence-corrected chi connectivity index (χ4v) is 3.53. The molecule has 1 N–H and O–H groups in total. The van der Waals surface area contributed by atoms with Crippen LogP contribution in [0.1, 0.15) is 40.4 Å². The number of fused-ring (bicyclic) bond motifs is 1. The van der Waals surface area contributed by atoms with Crippen molar-refractivity contribution in [1.29, 1.82) is 0 Å². The molecule has 8 heteroatoms. The van der Waals surface area contributed by atoms with Crippen molar-refractivity contribution in [3.05, 3.63) is 80.7 Å². The number of hydrogen-bond donors (Lipinski definition) is 1. The zero-order valence-corrected chi connectivity index (χ0v) is 15.8. The van der Waals surface area contributed by atoms with Crippen molar-refractivity contribution in [2.75, 3.05) is 0 Å². The third-order valence-electron chi connectivity index (χ3n) is 4.95. The van der Waals surface area contributed by atoms with Crippen LogP contribution in [0.15, 0.2) is 53.5 Å². The Hall–Kier alpha value is -2.80. The van der Waals surface area contributed by atoms with Crippen LogP contribution in [-0.4, -0.2) is 10.5 Å². The van der Waals surface area contributed by atoms with E-state index in [2.05, 4.69) is 5.32 Å². The molecule has 0 saturated heterocycles. The van der Waals surface area contributed by atoms with E-state index >= 15 is 0 Å². The van der Waals surface area contributed by atoms with E-state index in [-0.39, 0.29) is 23.7 Å². The maximum absolute atomic E-state index is 13.0. The summed E-state index contributed by atoms with van der Waals surface area (Å²) >= 11 is 5.62. The van der Waals surface area contributed by atoms with Crippen LogP contribution in [0.5, 0.6) is 0 Å². The van der Waals surface area contributed by atoms with Crippen LogP contribution < -0.4 is 10.9 Å². The lowest BCUT2D eigenvalue weighted by atomic mass is 10.1. The van der Waals surface area contributed by atoms with Crippen molar-refractivity contribution in [2.24, 2.45) is 0 Å². The van der Waals surface area contributed by atoms with E-state index < -0.39 is 22.7 Å². The first-order chi connectivity index (χ1) is 13.8. The summed E-state index contributed by atoms with van der Waals surface area (Å²) in [5.74, 6) is -0.470. The number of pyridine rings is 1. The van der Waals surface area contributed by atoms with Crippen molar-refractivity contribution in [2.45, 2.75) is 31.6 Å². The van der Waals surface area contributed by atoms with Gasteiger partial charge in [0, 0.05) is 35.1 Å². The van der Waals surface area contributed by atoms with E-state index in [0.717, 1.165) is 25.0 Å². The molecule has 2 aromatic carbocycles. The lowest BCUT2D eigenvalue weighted by Gasteiger charge is -2.12. The Bertz CT molecular complexity index is 1170. The molecule has 0 bridgehead atoms. The van der Waals surface area contributed by atoms with E-state index in [1.54, 1.807) is 35.0 Å². The van der Waals surface area contributed by atoms with Crippen molar-refractivity contribution < 1.29 is 18.0 Å². The van der Waals surface area contributed by atoms with Crippen molar-refractivity contribution in [3.8, 4) is 0 Å². The number of carbonyl (C=O) groups is 1. The molecule has 0 unspecified atom stereocenters. The van der Waals surface area contributed by atoms with Gasteiger partial charge in [-0.05, 0) is 48.7 Å². The minimum atomic E-state index is -4.58. The van der Waals surface area contributed by atoms with Gasteiger partial charge in [0.2, 0.25) is 0 Å². The summed E-state index contributed by atoms with van der Waals surface area (Å²) in [6, 6.07) is 10.3. The molecule has 3 aromatic rings. The number of nitrogens with zero attached hydrogens (tertiary/aromatic N) is 1. The number of halogens is 4. The average molecular weight is 421 g/mol. The number of amides is 1. The Balaban J connectivity index is 1.59. The van der Waals surface area contributed by atoms with Gasteiger partial charge in [0.1, 0.15) is 0 Å². The number of hydrogen-bond acceptors (Lipinski definition) is 2. The van der Waals surface area contributed by atoms with Crippen LogP contribution in [0.4, 0.5) is 13.2 Å². The summed E-state index contributed by atoms with van der Waals surface area (Å²) in [6.45, 7) is -0.103. The standard InChI is InChI=1S/C21H16ClF3N2O2/c22-18-7-4-12(10-17(18)21(23,24)25)11-26-19(28)15-2-1-3-16-14(15)8-9-27(20(16)29)13-5-6-13/h1-4,7-10,13H,5-6,11H2,(H,26,28). The van der Waals surface area contributed by atoms with Gasteiger partial charge < -0.3 is 9.88 Å². The molecule has 0 aliphatic heterocycles. The summed E-state index contributed by atoms with van der Waals surface area (Å²) < 4.78 is 40.7. The van der Waals surface area contributed by atoms with E-state index in [9.17, 15) is 22.8 Å². The van der Waals surface area contributed by atoms with Gasteiger partial charge in [-0.25, -0.2) is 0 Å². The first-order valence-electron chi connectivity index (χ1n) is 9.03. The monoisotopic (exact) mass is 420 g/mol. The van der Waals surface area contributed by atoms with Gasteiger partial charge in [-0.2, -0.15) is 13.2 Å². The van der Waals surface area contributed by atoms with Crippen LogP contribution >= 0.6 is 11.6 Å². The minimum Gasteiger partial charge on any atom is -0.348 e. The number of aromatic nitrogens is 1. The quantitative estimate of drug-likeness (QED) is 0.650. The second-order valence-electron chi connectivity index (χ2n) is 7.02. The Kier molecular flexibility index (Phi) is 4.86. The first kappa shape index (κ1) is 19.5. The van der Waals surface area contributed by atoms with Crippen molar-refractivity contribution in [1.82, 2.24) is 9.88 Å². The second-order valence-corrected chi connectivity index (χ2v) is 7.43. The van der Waals surface area contributed by atoms with Crippen LogP contribution in [0.25, 0.3) is 10.8 Å². The summed E-state index contributed by atoms with van der Waals surface area (Å²) in [4.78, 5) is 25.3. The maximum atomic E-state index is 13.0. The van der Waals surface area contributed by atoms with E-state index in [0.29, 0.717) is 16.3 Å². The molecule has 1 saturated carbocycles. The minimum absolute atomic E-state index is 0.103. The number of benzene rings is 2. The Morgan fingerprint density at radius 2 is 1.90 bits per heavy atom. The largest absolute Gasteiger partial charge is 0.417 e. The fourth-order valence-electron chi connectivity index (χ4n) is 3.31. The highest BCUT2D eigenvalue weighted by atomic mass is 35.5. The van der Waals surface area contributed by atoms with E-state index in [1.807, 2.05) is 0 Å². The predicted molar refractivity (Wildman–Crippen MR) is 104 cm³/mol. The lowest BCUT2D eigenvalue weighted by molar-refractivity contribution is -0.137. The average Bonchev–Trinajstić information content (AvgIpc) is 3.51. The smallest absolute Gasteiger partial charge is 0.348 e. The molecule has 0 radical (unpaired) electrons.